The number of carboxylic acids is 1. The number of carbonyl (C=O) groups excluding carboxylic acids is 1. The van der Waals surface area contributed by atoms with Gasteiger partial charge in [0.25, 0.3) is 0 Å². The molecule has 0 amide bonds. The number of hydrogen-bond acceptors (Lipinski definition) is 5. The number of fused-ring (bicyclic) bond motifs is 1. The molecule has 1 atom stereocenters. The highest BCUT2D eigenvalue weighted by Crippen LogP contribution is 2.32. The maximum Gasteiger partial charge on any atom is 0.151 e. The van der Waals surface area contributed by atoms with Crippen molar-refractivity contribution in [3.05, 3.63) is 24.3 Å². The minimum atomic E-state index is -1.02. The van der Waals surface area contributed by atoms with Crippen LogP contribution in [0.25, 0.3) is 10.2 Å². The van der Waals surface area contributed by atoms with Crippen molar-refractivity contribution in [2.24, 2.45) is 0 Å². The molecule has 3 nitrogen and oxygen atoms in total. The van der Waals surface area contributed by atoms with Gasteiger partial charge in [0.15, 0.2) is 4.34 Å². The van der Waals surface area contributed by atoms with Gasteiger partial charge in [-0.25, -0.2) is 4.98 Å². The van der Waals surface area contributed by atoms with E-state index >= 15 is 0 Å². The molecule has 84 valence electrons. The maximum atomic E-state index is 10.8. The van der Waals surface area contributed by atoms with Crippen molar-refractivity contribution in [2.45, 2.75) is 22.9 Å². The molecule has 0 saturated carbocycles. The molecule has 0 bridgehead atoms. The molecule has 1 unspecified atom stereocenters. The molecule has 0 N–H and O–H groups in total. The molecule has 0 aliphatic heterocycles. The van der Waals surface area contributed by atoms with Gasteiger partial charge in [0.1, 0.15) is 0 Å². The van der Waals surface area contributed by atoms with E-state index in [4.69, 9.17) is 0 Å². The van der Waals surface area contributed by atoms with Crippen molar-refractivity contribution < 1.29 is 9.90 Å². The van der Waals surface area contributed by atoms with Crippen molar-refractivity contribution >= 4 is 39.3 Å². The zero-order valence-corrected chi connectivity index (χ0v) is 10.3. The molecule has 2 aromatic rings. The Morgan fingerprint density at radius 2 is 2.31 bits per heavy atom. The smallest absolute Gasteiger partial charge is 0.151 e. The summed E-state index contributed by atoms with van der Waals surface area (Å²) < 4.78 is 1.87. The molecule has 0 spiro atoms. The van der Waals surface area contributed by atoms with Crippen LogP contribution in [0.1, 0.15) is 13.3 Å². The second-order valence-electron chi connectivity index (χ2n) is 3.28. The fourth-order valence-electron chi connectivity index (χ4n) is 1.32. The summed E-state index contributed by atoms with van der Waals surface area (Å²) in [5.74, 6) is -1.02. The Labute approximate surface area is 102 Å². The van der Waals surface area contributed by atoms with Crippen LogP contribution in [0.2, 0.25) is 0 Å². The predicted molar refractivity (Wildman–Crippen MR) is 64.6 cm³/mol. The van der Waals surface area contributed by atoms with Crippen LogP contribution in [0.15, 0.2) is 28.6 Å². The minimum absolute atomic E-state index is 0.513. The second-order valence-corrected chi connectivity index (χ2v) is 5.76. The average molecular weight is 252 g/mol. The van der Waals surface area contributed by atoms with E-state index in [-0.39, 0.29) is 0 Å². The van der Waals surface area contributed by atoms with Gasteiger partial charge in [-0.15, -0.1) is 11.3 Å². The third-order valence-corrected chi connectivity index (χ3v) is 4.62. The molecular formula is C11H10NO2S2-. The van der Waals surface area contributed by atoms with Gasteiger partial charge in [-0.1, -0.05) is 30.8 Å². The van der Waals surface area contributed by atoms with E-state index in [2.05, 4.69) is 4.98 Å². The van der Waals surface area contributed by atoms with Gasteiger partial charge in [0.2, 0.25) is 0 Å². The predicted octanol–water partition coefficient (Wildman–Crippen LogP) is 1.92. The molecule has 0 aliphatic carbocycles. The SMILES string of the molecule is CCC(Sc1nc2ccccc2s1)C(=O)[O-]. The van der Waals surface area contributed by atoms with Crippen LogP contribution in [0.3, 0.4) is 0 Å². The number of rotatable bonds is 4. The third-order valence-electron chi connectivity index (χ3n) is 2.15. The third kappa shape index (κ3) is 2.36. The molecule has 1 aromatic carbocycles. The molecule has 1 heterocycles. The number of thiazole rings is 1. The number of aliphatic carboxylic acids is 1. The Balaban J connectivity index is 2.24. The number of benzene rings is 1. The average Bonchev–Trinajstić information content (AvgIpc) is 2.67. The van der Waals surface area contributed by atoms with Crippen molar-refractivity contribution in [1.82, 2.24) is 4.98 Å². The highest BCUT2D eigenvalue weighted by molar-refractivity contribution is 8.02. The van der Waals surface area contributed by atoms with Crippen molar-refractivity contribution in [2.75, 3.05) is 0 Å². The number of para-hydroxylation sites is 1. The van der Waals surface area contributed by atoms with Crippen LogP contribution in [0.4, 0.5) is 0 Å². The van der Waals surface area contributed by atoms with E-state index in [0.717, 1.165) is 14.6 Å². The highest BCUT2D eigenvalue weighted by atomic mass is 32.2. The Morgan fingerprint density at radius 1 is 1.56 bits per heavy atom. The van der Waals surface area contributed by atoms with Crippen LogP contribution in [-0.2, 0) is 4.79 Å². The van der Waals surface area contributed by atoms with Crippen LogP contribution in [0.5, 0.6) is 0 Å². The second kappa shape index (κ2) is 4.84. The van der Waals surface area contributed by atoms with Gasteiger partial charge in [-0.3, -0.25) is 0 Å². The summed E-state index contributed by atoms with van der Waals surface area (Å²) in [6, 6.07) is 7.78. The Kier molecular flexibility index (Phi) is 3.46. The summed E-state index contributed by atoms with van der Waals surface area (Å²) in [5.41, 5.74) is 0.920. The molecule has 5 heteroatoms. The number of nitrogens with zero attached hydrogens (tertiary/aromatic N) is 1. The number of aromatic nitrogens is 1. The van der Waals surface area contributed by atoms with Gasteiger partial charge in [0.05, 0.1) is 21.4 Å². The molecule has 0 fully saturated rings. The molecule has 1 aromatic heterocycles. The van der Waals surface area contributed by atoms with E-state index < -0.39 is 11.2 Å². The van der Waals surface area contributed by atoms with Gasteiger partial charge in [-0.2, -0.15) is 0 Å². The van der Waals surface area contributed by atoms with E-state index in [1.165, 1.54) is 23.1 Å². The van der Waals surface area contributed by atoms with E-state index in [0.29, 0.717) is 6.42 Å². The summed E-state index contributed by atoms with van der Waals surface area (Å²) in [6.45, 7) is 1.83. The monoisotopic (exact) mass is 252 g/mol. The first kappa shape index (κ1) is 11.4. The minimum Gasteiger partial charge on any atom is -0.549 e. The van der Waals surface area contributed by atoms with Crippen LogP contribution in [-0.4, -0.2) is 16.2 Å². The molecule has 0 saturated heterocycles. The van der Waals surface area contributed by atoms with Crippen LogP contribution >= 0.6 is 23.1 Å². The van der Waals surface area contributed by atoms with Gasteiger partial charge >= 0.3 is 0 Å². The maximum absolute atomic E-state index is 10.8. The zero-order valence-electron chi connectivity index (χ0n) is 8.67. The number of carboxylic acid groups (broad SMARTS) is 1. The standard InChI is InChI=1S/C11H11NO2S2/c1-2-8(10(13)14)15-11-12-7-5-3-4-6-9(7)16-11/h3-6,8H,2H2,1H3,(H,13,14)/p-1. The summed E-state index contributed by atoms with van der Waals surface area (Å²) in [4.78, 5) is 15.2. The lowest BCUT2D eigenvalue weighted by Crippen LogP contribution is -2.32. The highest BCUT2D eigenvalue weighted by Gasteiger charge is 2.12. The topological polar surface area (TPSA) is 53.0 Å². The first-order valence-corrected chi connectivity index (χ1v) is 6.63. The van der Waals surface area contributed by atoms with E-state index in [1.807, 2.05) is 31.2 Å². The van der Waals surface area contributed by atoms with Crippen LogP contribution in [0, 0.1) is 0 Å². The zero-order chi connectivity index (χ0) is 11.5. The molecule has 2 rings (SSSR count). The molecular weight excluding hydrogens is 242 g/mol. The fourth-order valence-corrected chi connectivity index (χ4v) is 3.49. The van der Waals surface area contributed by atoms with E-state index in [9.17, 15) is 9.90 Å². The summed E-state index contributed by atoms with van der Waals surface area (Å²) in [6.07, 6.45) is 0.545. The lowest BCUT2D eigenvalue weighted by atomic mass is 10.3. The fraction of sp³-hybridized carbons (Fsp3) is 0.273. The molecule has 16 heavy (non-hydrogen) atoms. The van der Waals surface area contributed by atoms with Gasteiger partial charge in [-0.05, 0) is 18.6 Å². The normalized spacial score (nSPS) is 12.8. The Morgan fingerprint density at radius 3 is 2.94 bits per heavy atom. The van der Waals surface area contributed by atoms with Crippen molar-refractivity contribution in [3.63, 3.8) is 0 Å². The van der Waals surface area contributed by atoms with Crippen LogP contribution < -0.4 is 5.11 Å². The first-order valence-electron chi connectivity index (χ1n) is 4.93. The lowest BCUT2D eigenvalue weighted by Gasteiger charge is -2.12. The Bertz CT molecular complexity index is 476. The largest absolute Gasteiger partial charge is 0.549 e. The lowest BCUT2D eigenvalue weighted by molar-refractivity contribution is -0.304. The first-order chi connectivity index (χ1) is 7.70. The summed E-state index contributed by atoms with van der Waals surface area (Å²) in [7, 11) is 0. The molecule has 0 aliphatic rings. The number of hydrogen-bond donors (Lipinski definition) is 0. The molecule has 0 radical (unpaired) electrons. The number of carbonyl (C=O) groups is 1. The van der Waals surface area contributed by atoms with Crippen molar-refractivity contribution in [3.8, 4) is 0 Å². The summed E-state index contributed by atoms with van der Waals surface area (Å²) >= 11 is 2.79. The van der Waals surface area contributed by atoms with Crippen molar-refractivity contribution in [1.29, 1.82) is 0 Å². The Hall–Kier alpha value is -1.07. The van der Waals surface area contributed by atoms with Gasteiger partial charge in [0, 0.05) is 0 Å². The quantitative estimate of drug-likeness (QED) is 0.780. The van der Waals surface area contributed by atoms with E-state index in [1.54, 1.807) is 0 Å². The van der Waals surface area contributed by atoms with Gasteiger partial charge < -0.3 is 9.90 Å². The summed E-state index contributed by atoms with van der Waals surface area (Å²) in [5, 5.41) is 10.3. The number of thioether (sulfide) groups is 1.